The molecule has 0 bridgehead atoms. The average Bonchev–Trinajstić information content (AvgIpc) is 2.81. The number of benzene rings is 1. The SMILES string of the molecule is CC(=O)N[C@H]1[C@H]([C@H](O)[C@H](O)CO)OC(C(=O)O)=C[C@@H]1N=C(N)NC(=O)CCCOc1ccccc1. The quantitative estimate of drug-likeness (QED) is 0.104. The number of carboxylic acid groups (broad SMARTS) is 1. The second kappa shape index (κ2) is 13.3. The number of carboxylic acids is 1. The molecule has 1 aliphatic rings. The van der Waals surface area contributed by atoms with Gasteiger partial charge in [0.25, 0.3) is 0 Å². The van der Waals surface area contributed by atoms with Crippen LogP contribution in [0.4, 0.5) is 0 Å². The number of rotatable bonds is 11. The first kappa shape index (κ1) is 27.6. The number of nitrogens with zero attached hydrogens (tertiary/aromatic N) is 1. The van der Waals surface area contributed by atoms with Crippen LogP contribution < -0.4 is 21.1 Å². The van der Waals surface area contributed by atoms with Crippen molar-refractivity contribution >= 4 is 23.7 Å². The zero-order chi connectivity index (χ0) is 26.0. The monoisotopic (exact) mass is 494 g/mol. The van der Waals surface area contributed by atoms with Crippen LogP contribution in [0.15, 0.2) is 47.2 Å². The molecule has 192 valence electrons. The third-order valence-electron chi connectivity index (χ3n) is 4.92. The molecule has 8 N–H and O–H groups in total. The Labute approximate surface area is 201 Å². The fourth-order valence-corrected chi connectivity index (χ4v) is 3.30. The van der Waals surface area contributed by atoms with Crippen molar-refractivity contribution in [2.75, 3.05) is 13.2 Å². The Morgan fingerprint density at radius 2 is 1.91 bits per heavy atom. The molecule has 0 aliphatic carbocycles. The highest BCUT2D eigenvalue weighted by Gasteiger charge is 2.43. The minimum Gasteiger partial charge on any atom is -0.494 e. The Kier molecular flexibility index (Phi) is 10.5. The van der Waals surface area contributed by atoms with Crippen molar-refractivity contribution in [2.45, 2.75) is 50.2 Å². The maximum atomic E-state index is 12.2. The number of nitrogens with one attached hydrogen (secondary N) is 2. The standard InChI is InChI=1S/C22H30N4O9/c1-12(28)24-18-14(10-16(21(32)33)35-20(18)19(31)15(29)11-27)25-22(23)26-17(30)8-5-9-34-13-6-3-2-4-7-13/h2-4,6-7,10,14-15,18-20,27,29,31H,5,8-9,11H2,1H3,(H,24,28)(H,32,33)(H3,23,25,26,30)/t14-,15+,18+,19+,20+/m0/s1. The molecule has 13 nitrogen and oxygen atoms in total. The molecule has 1 aromatic carbocycles. The number of aliphatic hydroxyl groups is 3. The highest BCUT2D eigenvalue weighted by Crippen LogP contribution is 2.25. The first-order valence-electron chi connectivity index (χ1n) is 10.8. The number of amides is 2. The van der Waals surface area contributed by atoms with Crippen molar-refractivity contribution in [3.05, 3.63) is 42.2 Å². The maximum absolute atomic E-state index is 12.2. The molecule has 0 unspecified atom stereocenters. The number of hydrogen-bond donors (Lipinski definition) is 7. The van der Waals surface area contributed by atoms with E-state index in [0.717, 1.165) is 6.08 Å². The van der Waals surface area contributed by atoms with Crippen molar-refractivity contribution in [1.82, 2.24) is 10.6 Å². The summed E-state index contributed by atoms with van der Waals surface area (Å²) >= 11 is 0. The largest absolute Gasteiger partial charge is 0.494 e. The van der Waals surface area contributed by atoms with E-state index in [1.165, 1.54) is 6.92 Å². The summed E-state index contributed by atoms with van der Waals surface area (Å²) in [5, 5.41) is 43.6. The van der Waals surface area contributed by atoms with Crippen LogP contribution >= 0.6 is 0 Å². The van der Waals surface area contributed by atoms with Crippen LogP contribution in [0.25, 0.3) is 0 Å². The lowest BCUT2D eigenvalue weighted by atomic mass is 9.92. The average molecular weight is 495 g/mol. The highest BCUT2D eigenvalue weighted by molar-refractivity contribution is 5.96. The van der Waals surface area contributed by atoms with Crippen molar-refractivity contribution in [2.24, 2.45) is 10.7 Å². The summed E-state index contributed by atoms with van der Waals surface area (Å²) in [7, 11) is 0. The van der Waals surface area contributed by atoms with E-state index in [1.54, 1.807) is 12.1 Å². The number of guanidine groups is 1. The lowest BCUT2D eigenvalue weighted by Gasteiger charge is -2.38. The molecule has 0 spiro atoms. The first-order chi connectivity index (χ1) is 16.6. The molecule has 1 aliphatic heterocycles. The van der Waals surface area contributed by atoms with Crippen LogP contribution in [0.1, 0.15) is 19.8 Å². The number of aliphatic carboxylic acids is 1. The third kappa shape index (κ3) is 8.55. The van der Waals surface area contributed by atoms with E-state index in [1.807, 2.05) is 18.2 Å². The minimum atomic E-state index is -1.78. The van der Waals surface area contributed by atoms with Gasteiger partial charge < -0.3 is 41.0 Å². The summed E-state index contributed by atoms with van der Waals surface area (Å²) in [6.45, 7) is 0.613. The molecular weight excluding hydrogens is 464 g/mol. The van der Waals surface area contributed by atoms with Crippen LogP contribution in [0.5, 0.6) is 5.75 Å². The molecule has 0 radical (unpaired) electrons. The van der Waals surface area contributed by atoms with Gasteiger partial charge in [-0.1, -0.05) is 18.2 Å². The summed E-state index contributed by atoms with van der Waals surface area (Å²) in [6.07, 6.45) is -3.47. The van der Waals surface area contributed by atoms with Gasteiger partial charge in [0.1, 0.15) is 24.1 Å². The van der Waals surface area contributed by atoms with Crippen LogP contribution in [-0.2, 0) is 19.1 Å². The Balaban J connectivity index is 2.09. The van der Waals surface area contributed by atoms with Gasteiger partial charge in [-0.3, -0.25) is 14.9 Å². The van der Waals surface area contributed by atoms with Crippen LogP contribution in [0.3, 0.4) is 0 Å². The van der Waals surface area contributed by atoms with E-state index in [9.17, 15) is 29.7 Å². The van der Waals surface area contributed by atoms with Gasteiger partial charge in [0, 0.05) is 13.3 Å². The second-order valence-corrected chi connectivity index (χ2v) is 7.70. The number of nitrogens with two attached hydrogens (primary N) is 1. The zero-order valence-corrected chi connectivity index (χ0v) is 19.0. The molecule has 5 atom stereocenters. The van der Waals surface area contributed by atoms with Gasteiger partial charge >= 0.3 is 5.97 Å². The number of carbonyl (C=O) groups excluding carboxylic acids is 2. The van der Waals surface area contributed by atoms with Gasteiger partial charge in [-0.25, -0.2) is 9.79 Å². The van der Waals surface area contributed by atoms with Crippen molar-refractivity contribution in [1.29, 1.82) is 0 Å². The van der Waals surface area contributed by atoms with Crippen molar-refractivity contribution in [3.8, 4) is 5.75 Å². The van der Waals surface area contributed by atoms with E-state index in [0.29, 0.717) is 12.2 Å². The Bertz CT molecular complexity index is 938. The zero-order valence-electron chi connectivity index (χ0n) is 19.0. The molecule has 0 fully saturated rings. The van der Waals surface area contributed by atoms with E-state index in [2.05, 4.69) is 15.6 Å². The number of carbonyl (C=O) groups is 3. The van der Waals surface area contributed by atoms with Crippen molar-refractivity contribution < 1.29 is 44.3 Å². The molecule has 0 saturated heterocycles. The summed E-state index contributed by atoms with van der Waals surface area (Å²) in [6, 6.07) is 6.69. The Morgan fingerprint density at radius 3 is 2.51 bits per heavy atom. The van der Waals surface area contributed by atoms with E-state index >= 15 is 0 Å². The molecule has 0 saturated carbocycles. The first-order valence-corrected chi connectivity index (χ1v) is 10.8. The molecular formula is C22H30N4O9. The molecule has 1 aromatic rings. The fourth-order valence-electron chi connectivity index (χ4n) is 3.30. The van der Waals surface area contributed by atoms with E-state index in [-0.39, 0.29) is 19.0 Å². The Morgan fingerprint density at radius 1 is 1.23 bits per heavy atom. The lowest BCUT2D eigenvalue weighted by Crippen LogP contribution is -2.60. The van der Waals surface area contributed by atoms with Gasteiger partial charge in [-0.15, -0.1) is 0 Å². The number of aliphatic imine (C=N–C) groups is 1. The molecule has 13 heteroatoms. The van der Waals surface area contributed by atoms with Crippen LogP contribution in [0.2, 0.25) is 0 Å². The third-order valence-corrected chi connectivity index (χ3v) is 4.92. The topological polar surface area (TPSA) is 213 Å². The number of aliphatic hydroxyl groups excluding tert-OH is 3. The summed E-state index contributed by atoms with van der Waals surface area (Å²) in [4.78, 5) is 39.5. The predicted octanol–water partition coefficient (Wildman–Crippen LogP) is -1.77. The van der Waals surface area contributed by atoms with Gasteiger partial charge in [-0.2, -0.15) is 0 Å². The number of para-hydroxylation sites is 1. The van der Waals surface area contributed by atoms with Crippen LogP contribution in [0, 0.1) is 0 Å². The van der Waals surface area contributed by atoms with Gasteiger partial charge in [-0.05, 0) is 24.6 Å². The second-order valence-electron chi connectivity index (χ2n) is 7.70. The smallest absolute Gasteiger partial charge is 0.370 e. The van der Waals surface area contributed by atoms with E-state index in [4.69, 9.17) is 20.3 Å². The molecule has 1 heterocycles. The van der Waals surface area contributed by atoms with E-state index < -0.39 is 60.5 Å². The number of hydrogen-bond acceptors (Lipinski definition) is 9. The van der Waals surface area contributed by atoms with Crippen molar-refractivity contribution in [3.63, 3.8) is 0 Å². The van der Waals surface area contributed by atoms with Gasteiger partial charge in [0.15, 0.2) is 5.96 Å². The number of ether oxygens (including phenoxy) is 2. The predicted molar refractivity (Wildman–Crippen MR) is 122 cm³/mol. The Hall–Kier alpha value is -3.68. The summed E-state index contributed by atoms with van der Waals surface area (Å²) in [5.74, 6) is -2.85. The van der Waals surface area contributed by atoms with Gasteiger partial charge in [0.05, 0.1) is 25.3 Å². The molecule has 2 amide bonds. The highest BCUT2D eigenvalue weighted by atomic mass is 16.5. The fraction of sp³-hybridized carbons (Fsp3) is 0.455. The summed E-state index contributed by atoms with van der Waals surface area (Å²) in [5.41, 5.74) is 5.83. The molecule has 35 heavy (non-hydrogen) atoms. The summed E-state index contributed by atoms with van der Waals surface area (Å²) < 4.78 is 10.8. The normalized spacial score (nSPS) is 21.7. The molecule has 2 rings (SSSR count). The van der Waals surface area contributed by atoms with Crippen LogP contribution in [-0.4, -0.2) is 87.8 Å². The maximum Gasteiger partial charge on any atom is 0.370 e. The lowest BCUT2D eigenvalue weighted by molar-refractivity contribution is -0.145. The minimum absolute atomic E-state index is 0.0617. The molecule has 0 aromatic heterocycles. The van der Waals surface area contributed by atoms with Gasteiger partial charge in [0.2, 0.25) is 17.6 Å².